The fourth-order valence-corrected chi connectivity index (χ4v) is 1.80. The molecule has 1 aliphatic heterocycles. The van der Waals surface area contributed by atoms with Gasteiger partial charge in [0, 0.05) is 25.5 Å². The summed E-state index contributed by atoms with van der Waals surface area (Å²) in [5, 5.41) is 0. The van der Waals surface area contributed by atoms with Crippen molar-refractivity contribution in [2.45, 2.75) is 19.8 Å². The van der Waals surface area contributed by atoms with Gasteiger partial charge < -0.3 is 4.90 Å². The third kappa shape index (κ3) is 1.79. The molecule has 3 heteroatoms. The van der Waals surface area contributed by atoms with Crippen LogP contribution in [0.5, 0.6) is 0 Å². The highest BCUT2D eigenvalue weighted by atomic mass is 15.3. The first-order valence-electron chi connectivity index (χ1n) is 4.92. The summed E-state index contributed by atoms with van der Waals surface area (Å²) in [6.07, 6.45) is 6.17. The van der Waals surface area contributed by atoms with Gasteiger partial charge in [0.1, 0.15) is 0 Å². The highest BCUT2D eigenvalue weighted by Gasteiger charge is 2.22. The van der Waals surface area contributed by atoms with Crippen molar-refractivity contribution in [3.8, 4) is 0 Å². The Morgan fingerprint density at radius 1 is 1.46 bits per heavy atom. The second kappa shape index (κ2) is 3.73. The van der Waals surface area contributed by atoms with Crippen LogP contribution in [0.1, 0.15) is 19.8 Å². The Bertz CT molecular complexity index is 260. The molecule has 1 aliphatic rings. The second-order valence-corrected chi connectivity index (χ2v) is 3.56. The highest BCUT2D eigenvalue weighted by molar-refractivity contribution is 5.30. The molecule has 2 heterocycles. The zero-order chi connectivity index (χ0) is 9.10. The van der Waals surface area contributed by atoms with Crippen molar-refractivity contribution >= 4 is 5.95 Å². The van der Waals surface area contributed by atoms with Gasteiger partial charge in [0.25, 0.3) is 0 Å². The minimum Gasteiger partial charge on any atom is -0.341 e. The summed E-state index contributed by atoms with van der Waals surface area (Å²) in [5.41, 5.74) is 0. The lowest BCUT2D eigenvalue weighted by Gasteiger charge is -2.14. The summed E-state index contributed by atoms with van der Waals surface area (Å²) < 4.78 is 0. The SMILES string of the molecule is CCC1CCN(c2ncccn2)C1. The van der Waals surface area contributed by atoms with Crippen LogP contribution in [0.15, 0.2) is 18.5 Å². The second-order valence-electron chi connectivity index (χ2n) is 3.56. The van der Waals surface area contributed by atoms with Gasteiger partial charge in [0.05, 0.1) is 0 Å². The van der Waals surface area contributed by atoms with Gasteiger partial charge >= 0.3 is 0 Å². The molecule has 0 spiro atoms. The smallest absolute Gasteiger partial charge is 0.225 e. The molecular formula is C10H15N3. The van der Waals surface area contributed by atoms with E-state index in [9.17, 15) is 0 Å². The van der Waals surface area contributed by atoms with E-state index >= 15 is 0 Å². The maximum atomic E-state index is 4.24. The molecule has 1 atom stereocenters. The molecule has 70 valence electrons. The third-order valence-corrected chi connectivity index (χ3v) is 2.70. The molecule has 13 heavy (non-hydrogen) atoms. The van der Waals surface area contributed by atoms with E-state index in [1.807, 2.05) is 18.5 Å². The normalized spacial score (nSPS) is 22.2. The molecule has 1 fully saturated rings. The zero-order valence-corrected chi connectivity index (χ0v) is 7.98. The summed E-state index contributed by atoms with van der Waals surface area (Å²) >= 11 is 0. The quantitative estimate of drug-likeness (QED) is 0.688. The van der Waals surface area contributed by atoms with Crippen molar-refractivity contribution in [3.05, 3.63) is 18.5 Å². The Morgan fingerprint density at radius 3 is 2.85 bits per heavy atom. The van der Waals surface area contributed by atoms with Crippen LogP contribution in [0, 0.1) is 5.92 Å². The summed E-state index contributed by atoms with van der Waals surface area (Å²) in [4.78, 5) is 10.8. The maximum absolute atomic E-state index is 4.24. The van der Waals surface area contributed by atoms with E-state index in [-0.39, 0.29) is 0 Å². The first-order valence-corrected chi connectivity index (χ1v) is 4.92. The van der Waals surface area contributed by atoms with Crippen molar-refractivity contribution < 1.29 is 0 Å². The van der Waals surface area contributed by atoms with Gasteiger partial charge in [-0.05, 0) is 18.4 Å². The summed E-state index contributed by atoms with van der Waals surface area (Å²) in [6, 6.07) is 1.86. The van der Waals surface area contributed by atoms with Gasteiger partial charge in [0.15, 0.2) is 0 Å². The lowest BCUT2D eigenvalue weighted by Crippen LogP contribution is -2.21. The van der Waals surface area contributed by atoms with Gasteiger partial charge in [-0.25, -0.2) is 9.97 Å². The van der Waals surface area contributed by atoms with E-state index < -0.39 is 0 Å². The largest absolute Gasteiger partial charge is 0.341 e. The molecule has 0 N–H and O–H groups in total. The van der Waals surface area contributed by atoms with Crippen LogP contribution in [0.2, 0.25) is 0 Å². The molecule has 0 saturated carbocycles. The molecule has 1 saturated heterocycles. The number of anilines is 1. The molecule has 2 rings (SSSR count). The maximum Gasteiger partial charge on any atom is 0.225 e. The van der Waals surface area contributed by atoms with Gasteiger partial charge in [0.2, 0.25) is 5.95 Å². The predicted molar refractivity (Wildman–Crippen MR) is 52.6 cm³/mol. The number of hydrogen-bond donors (Lipinski definition) is 0. The van der Waals surface area contributed by atoms with Gasteiger partial charge in [-0.1, -0.05) is 13.3 Å². The Morgan fingerprint density at radius 2 is 2.23 bits per heavy atom. The average Bonchev–Trinajstić information content (AvgIpc) is 2.67. The number of aromatic nitrogens is 2. The lowest BCUT2D eigenvalue weighted by atomic mass is 10.1. The summed E-state index contributed by atoms with van der Waals surface area (Å²) in [7, 11) is 0. The molecular weight excluding hydrogens is 162 g/mol. The van der Waals surface area contributed by atoms with Crippen molar-refractivity contribution in [2.75, 3.05) is 18.0 Å². The molecule has 3 nitrogen and oxygen atoms in total. The fraction of sp³-hybridized carbons (Fsp3) is 0.600. The van der Waals surface area contributed by atoms with E-state index in [0.717, 1.165) is 25.0 Å². The molecule has 1 aromatic heterocycles. The number of nitrogens with zero attached hydrogens (tertiary/aromatic N) is 3. The van der Waals surface area contributed by atoms with E-state index in [2.05, 4.69) is 21.8 Å². The fourth-order valence-electron chi connectivity index (χ4n) is 1.80. The molecule has 1 aromatic rings. The van der Waals surface area contributed by atoms with Crippen LogP contribution in [-0.4, -0.2) is 23.1 Å². The first kappa shape index (κ1) is 8.48. The number of hydrogen-bond acceptors (Lipinski definition) is 3. The van der Waals surface area contributed by atoms with Crippen LogP contribution in [0.3, 0.4) is 0 Å². The van der Waals surface area contributed by atoms with Gasteiger partial charge in [-0.2, -0.15) is 0 Å². The number of rotatable bonds is 2. The molecule has 1 unspecified atom stereocenters. The standard InChI is InChI=1S/C10H15N3/c1-2-9-4-7-13(8-9)10-11-5-3-6-12-10/h3,5-6,9H,2,4,7-8H2,1H3. The highest BCUT2D eigenvalue weighted by Crippen LogP contribution is 2.21. The van der Waals surface area contributed by atoms with Crippen LogP contribution in [-0.2, 0) is 0 Å². The molecule has 0 bridgehead atoms. The van der Waals surface area contributed by atoms with Crippen molar-refractivity contribution in [2.24, 2.45) is 5.92 Å². The average molecular weight is 177 g/mol. The van der Waals surface area contributed by atoms with E-state index in [4.69, 9.17) is 0 Å². The van der Waals surface area contributed by atoms with Crippen LogP contribution < -0.4 is 4.90 Å². The Kier molecular flexibility index (Phi) is 2.43. The monoisotopic (exact) mass is 177 g/mol. The summed E-state index contributed by atoms with van der Waals surface area (Å²) in [6.45, 7) is 4.49. The summed E-state index contributed by atoms with van der Waals surface area (Å²) in [5.74, 6) is 1.72. The van der Waals surface area contributed by atoms with Crippen LogP contribution in [0.4, 0.5) is 5.95 Å². The topological polar surface area (TPSA) is 29.0 Å². The van der Waals surface area contributed by atoms with Gasteiger partial charge in [-0.3, -0.25) is 0 Å². The molecule has 0 amide bonds. The van der Waals surface area contributed by atoms with Crippen molar-refractivity contribution in [3.63, 3.8) is 0 Å². The molecule has 0 aliphatic carbocycles. The van der Waals surface area contributed by atoms with Crippen LogP contribution in [0.25, 0.3) is 0 Å². The van der Waals surface area contributed by atoms with Crippen molar-refractivity contribution in [1.29, 1.82) is 0 Å². The van der Waals surface area contributed by atoms with Gasteiger partial charge in [-0.15, -0.1) is 0 Å². The minimum absolute atomic E-state index is 0.837. The third-order valence-electron chi connectivity index (χ3n) is 2.70. The van der Waals surface area contributed by atoms with E-state index in [1.54, 1.807) is 0 Å². The van der Waals surface area contributed by atoms with E-state index in [0.29, 0.717) is 0 Å². The Balaban J connectivity index is 2.04. The zero-order valence-electron chi connectivity index (χ0n) is 7.98. The molecule has 0 radical (unpaired) electrons. The minimum atomic E-state index is 0.837. The van der Waals surface area contributed by atoms with E-state index in [1.165, 1.54) is 12.8 Å². The molecule has 0 aromatic carbocycles. The lowest BCUT2D eigenvalue weighted by molar-refractivity contribution is 0.568. The predicted octanol–water partition coefficient (Wildman–Crippen LogP) is 1.71. The van der Waals surface area contributed by atoms with Crippen LogP contribution >= 0.6 is 0 Å². The Labute approximate surface area is 78.8 Å². The van der Waals surface area contributed by atoms with Crippen molar-refractivity contribution in [1.82, 2.24) is 9.97 Å². The Hall–Kier alpha value is -1.12. The first-order chi connectivity index (χ1) is 6.40.